The van der Waals surface area contributed by atoms with E-state index in [0.29, 0.717) is 5.56 Å². The van der Waals surface area contributed by atoms with E-state index in [4.69, 9.17) is 4.74 Å². The molecule has 0 heterocycles. The Kier molecular flexibility index (Phi) is 6.35. The molecular weight excluding hydrogens is 403 g/mol. The van der Waals surface area contributed by atoms with Crippen molar-refractivity contribution >= 4 is 35.1 Å². The smallest absolute Gasteiger partial charge is 0.352 e. The standard InChI is InChI=1S/C27H22O3P/c28-26(30-27(29)22-13-5-1-6-14-22)21-31(23-15-7-2-8-16-23,24-17-9-3-10-18-24)25-19-11-4-12-20-25/h1-20H,21H2/q+1. The van der Waals surface area contributed by atoms with Gasteiger partial charge in [0.05, 0.1) is 5.56 Å². The van der Waals surface area contributed by atoms with Crippen LogP contribution in [0.2, 0.25) is 0 Å². The molecule has 0 aliphatic heterocycles. The zero-order valence-electron chi connectivity index (χ0n) is 16.9. The van der Waals surface area contributed by atoms with Crippen molar-refractivity contribution in [3.63, 3.8) is 0 Å². The Morgan fingerprint density at radius 2 is 0.903 bits per heavy atom. The van der Waals surface area contributed by atoms with Gasteiger partial charge >= 0.3 is 11.9 Å². The molecule has 0 bridgehead atoms. The number of ether oxygens (including phenoxy) is 1. The van der Waals surface area contributed by atoms with E-state index < -0.39 is 19.2 Å². The molecule has 31 heavy (non-hydrogen) atoms. The number of benzene rings is 4. The van der Waals surface area contributed by atoms with E-state index in [0.717, 1.165) is 15.9 Å². The number of esters is 2. The Morgan fingerprint density at radius 3 is 1.29 bits per heavy atom. The molecule has 152 valence electrons. The van der Waals surface area contributed by atoms with Gasteiger partial charge in [-0.2, -0.15) is 0 Å². The van der Waals surface area contributed by atoms with Gasteiger partial charge in [-0.25, -0.2) is 9.59 Å². The molecule has 0 aliphatic rings. The molecule has 0 N–H and O–H groups in total. The summed E-state index contributed by atoms with van der Waals surface area (Å²) in [5, 5.41) is 3.20. The van der Waals surface area contributed by atoms with Crippen LogP contribution in [0.3, 0.4) is 0 Å². The van der Waals surface area contributed by atoms with Crippen LogP contribution >= 0.6 is 7.26 Å². The highest BCUT2D eigenvalue weighted by molar-refractivity contribution is 7.96. The first-order valence-electron chi connectivity index (χ1n) is 10.0. The fraction of sp³-hybridized carbons (Fsp3) is 0.0370. The largest absolute Gasteiger partial charge is 0.387 e. The van der Waals surface area contributed by atoms with Crippen molar-refractivity contribution in [2.75, 3.05) is 6.16 Å². The van der Waals surface area contributed by atoms with E-state index >= 15 is 0 Å². The molecule has 3 nitrogen and oxygen atoms in total. The minimum Gasteiger partial charge on any atom is -0.387 e. The van der Waals surface area contributed by atoms with E-state index in [1.807, 2.05) is 60.7 Å². The number of carbonyl (C=O) groups is 2. The Hall–Kier alpha value is -3.55. The Labute approximate surface area is 182 Å². The van der Waals surface area contributed by atoms with Gasteiger partial charge in [-0.3, -0.25) is 0 Å². The molecule has 0 spiro atoms. The van der Waals surface area contributed by atoms with Gasteiger partial charge in [-0.15, -0.1) is 0 Å². The molecule has 0 fully saturated rings. The Balaban J connectivity index is 1.79. The van der Waals surface area contributed by atoms with E-state index in [9.17, 15) is 9.59 Å². The maximum Gasteiger partial charge on any atom is 0.352 e. The molecule has 0 amide bonds. The third-order valence-corrected chi connectivity index (χ3v) is 9.44. The van der Waals surface area contributed by atoms with E-state index in [1.54, 1.807) is 24.3 Å². The molecule has 0 unspecified atom stereocenters. The van der Waals surface area contributed by atoms with Crippen LogP contribution in [0.5, 0.6) is 0 Å². The van der Waals surface area contributed by atoms with E-state index in [2.05, 4.69) is 36.4 Å². The maximum absolute atomic E-state index is 13.1. The van der Waals surface area contributed by atoms with Crippen LogP contribution in [0, 0.1) is 0 Å². The van der Waals surface area contributed by atoms with E-state index in [1.165, 1.54) is 0 Å². The van der Waals surface area contributed by atoms with Gasteiger partial charge in [0.1, 0.15) is 23.2 Å². The van der Waals surface area contributed by atoms with Crippen molar-refractivity contribution in [3.8, 4) is 0 Å². The first-order valence-corrected chi connectivity index (χ1v) is 12.0. The topological polar surface area (TPSA) is 43.4 Å². The summed E-state index contributed by atoms with van der Waals surface area (Å²) in [6, 6.07) is 38.7. The lowest BCUT2D eigenvalue weighted by Gasteiger charge is -2.26. The van der Waals surface area contributed by atoms with E-state index in [-0.39, 0.29) is 6.16 Å². The number of rotatable bonds is 6. The van der Waals surface area contributed by atoms with Crippen molar-refractivity contribution in [3.05, 3.63) is 127 Å². The molecular formula is C27H22O3P+. The summed E-state index contributed by atoms with van der Waals surface area (Å²) in [4.78, 5) is 25.7. The second kappa shape index (κ2) is 9.51. The minimum atomic E-state index is -2.38. The highest BCUT2D eigenvalue weighted by Gasteiger charge is 2.48. The average Bonchev–Trinajstić information content (AvgIpc) is 2.85. The highest BCUT2D eigenvalue weighted by atomic mass is 31.2. The Morgan fingerprint density at radius 1 is 0.548 bits per heavy atom. The summed E-state index contributed by atoms with van der Waals surface area (Å²) in [7, 11) is -2.38. The Bertz CT molecular complexity index is 1050. The summed E-state index contributed by atoms with van der Waals surface area (Å²) in [6.07, 6.45) is 0.101. The van der Waals surface area contributed by atoms with Crippen LogP contribution in [-0.4, -0.2) is 18.1 Å². The monoisotopic (exact) mass is 425 g/mol. The lowest BCUT2D eigenvalue weighted by Crippen LogP contribution is -2.36. The van der Waals surface area contributed by atoms with Crippen LogP contribution in [-0.2, 0) is 9.53 Å². The van der Waals surface area contributed by atoms with Crippen molar-refractivity contribution < 1.29 is 14.3 Å². The first kappa shape index (κ1) is 20.7. The maximum atomic E-state index is 13.1. The van der Waals surface area contributed by atoms with Gasteiger partial charge in [0.25, 0.3) is 0 Å². The zero-order chi connectivity index (χ0) is 21.5. The third kappa shape index (κ3) is 4.47. The van der Waals surface area contributed by atoms with Crippen LogP contribution in [0.4, 0.5) is 0 Å². The summed E-state index contributed by atoms with van der Waals surface area (Å²) in [5.74, 6) is -1.16. The molecule has 4 rings (SSSR count). The number of hydrogen-bond donors (Lipinski definition) is 0. The predicted octanol–water partition coefficient (Wildman–Crippen LogP) is 4.36. The zero-order valence-corrected chi connectivity index (χ0v) is 17.8. The van der Waals surface area contributed by atoms with Gasteiger partial charge in [0.15, 0.2) is 6.16 Å². The highest BCUT2D eigenvalue weighted by Crippen LogP contribution is 2.55. The molecule has 0 radical (unpaired) electrons. The summed E-state index contributed by atoms with van der Waals surface area (Å²) < 4.78 is 5.31. The quantitative estimate of drug-likeness (QED) is 0.262. The van der Waals surface area contributed by atoms with Crippen LogP contribution < -0.4 is 15.9 Å². The average molecular weight is 425 g/mol. The van der Waals surface area contributed by atoms with Crippen molar-refractivity contribution in [2.45, 2.75) is 0 Å². The summed E-state index contributed by atoms with van der Waals surface area (Å²) >= 11 is 0. The van der Waals surface area contributed by atoms with Crippen LogP contribution in [0.1, 0.15) is 10.4 Å². The van der Waals surface area contributed by atoms with Crippen LogP contribution in [0.25, 0.3) is 0 Å². The first-order chi connectivity index (χ1) is 15.2. The normalized spacial score (nSPS) is 11.0. The van der Waals surface area contributed by atoms with Gasteiger partial charge in [-0.1, -0.05) is 72.8 Å². The van der Waals surface area contributed by atoms with Gasteiger partial charge < -0.3 is 4.74 Å². The fourth-order valence-electron chi connectivity index (χ4n) is 3.73. The summed E-state index contributed by atoms with van der Waals surface area (Å²) in [6.45, 7) is 0. The lowest BCUT2D eigenvalue weighted by atomic mass is 10.2. The minimum absolute atomic E-state index is 0.101. The van der Waals surface area contributed by atoms with Gasteiger partial charge in [-0.05, 0) is 48.5 Å². The molecule has 0 saturated heterocycles. The molecule has 0 atom stereocenters. The predicted molar refractivity (Wildman–Crippen MR) is 127 cm³/mol. The van der Waals surface area contributed by atoms with Gasteiger partial charge in [0.2, 0.25) is 0 Å². The molecule has 4 aromatic rings. The summed E-state index contributed by atoms with van der Waals surface area (Å²) in [5.41, 5.74) is 0.360. The molecule has 0 saturated carbocycles. The number of carbonyl (C=O) groups excluding carboxylic acids is 2. The van der Waals surface area contributed by atoms with Crippen LogP contribution in [0.15, 0.2) is 121 Å². The molecule has 4 heteroatoms. The SMILES string of the molecule is O=C(C[P+](c1ccccc1)(c1ccccc1)c1ccccc1)OC(=O)c1ccccc1. The van der Waals surface area contributed by atoms with Gasteiger partial charge in [0, 0.05) is 0 Å². The fourth-order valence-corrected chi connectivity index (χ4v) is 7.67. The second-order valence-electron chi connectivity index (χ2n) is 7.10. The lowest BCUT2D eigenvalue weighted by molar-refractivity contribution is -0.135. The van der Waals surface area contributed by atoms with Crippen molar-refractivity contribution in [2.24, 2.45) is 0 Å². The molecule has 0 aromatic heterocycles. The van der Waals surface area contributed by atoms with Crippen molar-refractivity contribution in [1.29, 1.82) is 0 Å². The number of hydrogen-bond acceptors (Lipinski definition) is 3. The third-order valence-electron chi connectivity index (χ3n) is 5.17. The molecule has 4 aromatic carbocycles. The van der Waals surface area contributed by atoms with Crippen molar-refractivity contribution in [1.82, 2.24) is 0 Å². The molecule has 0 aliphatic carbocycles. The second-order valence-corrected chi connectivity index (χ2v) is 10.6.